The highest BCUT2D eigenvalue weighted by atomic mass is 19.1. The Morgan fingerprint density at radius 2 is 1.44 bits per heavy atom. The first kappa shape index (κ1) is 10.9. The molecular weight excluding hydrogens is 205 g/mol. The van der Waals surface area contributed by atoms with Crippen molar-refractivity contribution in [3.8, 4) is 11.1 Å². The largest absolute Gasteiger partial charge is 0.208 e. The maximum Gasteiger partial charge on any atom is 0.143 e. The third kappa shape index (κ3) is 1.99. The summed E-state index contributed by atoms with van der Waals surface area (Å²) in [4.78, 5) is 0. The average Bonchev–Trinajstić information content (AvgIpc) is 2.26. The van der Waals surface area contributed by atoms with Crippen molar-refractivity contribution < 1.29 is 8.78 Å². The van der Waals surface area contributed by atoms with Gasteiger partial charge in [0.1, 0.15) is 19.5 Å². The molecule has 0 saturated carbocycles. The Labute approximate surface area is 94.3 Å². The Balaban J connectivity index is 2.50. The predicted octanol–water partition coefficient (Wildman–Crippen LogP) is 2.20. The number of halogens is 2. The fraction of sp³-hybridized carbons (Fsp3) is 0.0769. The zero-order valence-corrected chi connectivity index (χ0v) is 9.22. The van der Waals surface area contributed by atoms with Crippen molar-refractivity contribution in [2.24, 2.45) is 0 Å². The summed E-state index contributed by atoms with van der Waals surface area (Å²) in [7, 11) is 1.70. The van der Waals surface area contributed by atoms with Gasteiger partial charge in [0.05, 0.1) is 0 Å². The molecule has 0 bridgehead atoms. The first-order chi connectivity index (χ1) is 7.58. The Morgan fingerprint density at radius 1 is 0.875 bits per heavy atom. The second-order valence-electron chi connectivity index (χ2n) is 3.93. The SMILES string of the molecule is Bc1ccc(-c2ccc(C)c(F)c2)cc1F. The standard InChI is InChI=1S/C13H11BF2/c1-8-2-3-9(6-12(8)15)10-4-5-11(14)13(16)7-10/h2-7H,14H2,1H3. The highest BCUT2D eigenvalue weighted by Crippen LogP contribution is 2.21. The summed E-state index contributed by atoms with van der Waals surface area (Å²) in [6.45, 7) is 1.70. The Kier molecular flexibility index (Phi) is 2.78. The zero-order chi connectivity index (χ0) is 11.7. The summed E-state index contributed by atoms with van der Waals surface area (Å²) >= 11 is 0. The van der Waals surface area contributed by atoms with Crippen molar-refractivity contribution in [2.75, 3.05) is 0 Å². The van der Waals surface area contributed by atoms with Gasteiger partial charge in [0, 0.05) is 0 Å². The molecule has 0 aliphatic rings. The monoisotopic (exact) mass is 216 g/mol. The molecule has 16 heavy (non-hydrogen) atoms. The molecule has 0 nitrogen and oxygen atoms in total. The Hall–Kier alpha value is -1.64. The van der Waals surface area contributed by atoms with E-state index < -0.39 is 0 Å². The highest BCUT2D eigenvalue weighted by molar-refractivity contribution is 6.32. The van der Waals surface area contributed by atoms with Gasteiger partial charge in [-0.25, -0.2) is 8.78 Å². The second-order valence-corrected chi connectivity index (χ2v) is 3.93. The number of hydrogen-bond acceptors (Lipinski definition) is 0. The van der Waals surface area contributed by atoms with Gasteiger partial charge in [-0.1, -0.05) is 29.7 Å². The van der Waals surface area contributed by atoms with Crippen LogP contribution in [0.2, 0.25) is 0 Å². The zero-order valence-electron chi connectivity index (χ0n) is 9.22. The minimum Gasteiger partial charge on any atom is -0.208 e. The predicted molar refractivity (Wildman–Crippen MR) is 64.7 cm³/mol. The van der Waals surface area contributed by atoms with Gasteiger partial charge in [-0.2, -0.15) is 0 Å². The van der Waals surface area contributed by atoms with E-state index in [1.807, 2.05) is 0 Å². The number of hydrogen-bond donors (Lipinski definition) is 0. The molecule has 0 N–H and O–H groups in total. The molecular formula is C13H11BF2. The van der Waals surface area contributed by atoms with Gasteiger partial charge in [-0.05, 0) is 35.7 Å². The third-order valence-electron chi connectivity index (χ3n) is 2.68. The molecule has 0 fully saturated rings. The van der Waals surface area contributed by atoms with Crippen LogP contribution in [0.3, 0.4) is 0 Å². The second kappa shape index (κ2) is 4.09. The minimum absolute atomic E-state index is 0.265. The number of benzene rings is 2. The summed E-state index contributed by atoms with van der Waals surface area (Å²) in [5, 5.41) is 0. The molecule has 80 valence electrons. The summed E-state index contributed by atoms with van der Waals surface area (Å²) in [6.07, 6.45) is 0. The molecule has 0 radical (unpaired) electrons. The van der Waals surface area contributed by atoms with Crippen LogP contribution in [0.25, 0.3) is 11.1 Å². The lowest BCUT2D eigenvalue weighted by atomic mass is 9.92. The van der Waals surface area contributed by atoms with E-state index >= 15 is 0 Å². The van der Waals surface area contributed by atoms with Crippen LogP contribution in [0.5, 0.6) is 0 Å². The Bertz CT molecular complexity index is 486. The first-order valence-corrected chi connectivity index (χ1v) is 5.10. The average molecular weight is 216 g/mol. The van der Waals surface area contributed by atoms with Gasteiger partial charge in [0.25, 0.3) is 0 Å². The van der Waals surface area contributed by atoms with E-state index in [4.69, 9.17) is 0 Å². The van der Waals surface area contributed by atoms with Crippen LogP contribution < -0.4 is 5.46 Å². The van der Waals surface area contributed by atoms with Gasteiger partial charge in [0.15, 0.2) is 0 Å². The van der Waals surface area contributed by atoms with Crippen LogP contribution >= 0.6 is 0 Å². The normalized spacial score (nSPS) is 10.4. The molecule has 0 amide bonds. The van der Waals surface area contributed by atoms with E-state index in [0.717, 1.165) is 0 Å². The molecule has 0 aliphatic carbocycles. The van der Waals surface area contributed by atoms with Crippen LogP contribution in [0, 0.1) is 18.6 Å². The van der Waals surface area contributed by atoms with Crippen molar-refractivity contribution in [2.45, 2.75) is 6.92 Å². The molecule has 0 spiro atoms. The van der Waals surface area contributed by atoms with E-state index in [0.29, 0.717) is 22.2 Å². The molecule has 2 aromatic carbocycles. The molecule has 0 heterocycles. The minimum atomic E-state index is -0.265. The lowest BCUT2D eigenvalue weighted by molar-refractivity contribution is 0.619. The van der Waals surface area contributed by atoms with E-state index in [1.54, 1.807) is 39.0 Å². The molecule has 0 saturated heterocycles. The quantitative estimate of drug-likeness (QED) is 0.641. The lowest BCUT2D eigenvalue weighted by Crippen LogP contribution is -2.07. The van der Waals surface area contributed by atoms with Crippen molar-refractivity contribution in [1.82, 2.24) is 0 Å². The van der Waals surface area contributed by atoms with Crippen LogP contribution in [0.4, 0.5) is 8.78 Å². The topological polar surface area (TPSA) is 0 Å². The van der Waals surface area contributed by atoms with Gasteiger partial charge >= 0.3 is 0 Å². The fourth-order valence-corrected chi connectivity index (χ4v) is 1.54. The van der Waals surface area contributed by atoms with Crippen LogP contribution in [-0.4, -0.2) is 7.85 Å². The first-order valence-electron chi connectivity index (χ1n) is 5.10. The molecule has 2 aromatic rings. The van der Waals surface area contributed by atoms with Gasteiger partial charge in [-0.15, -0.1) is 0 Å². The molecule has 3 heteroatoms. The third-order valence-corrected chi connectivity index (χ3v) is 2.68. The fourth-order valence-electron chi connectivity index (χ4n) is 1.54. The molecule has 0 aliphatic heterocycles. The van der Waals surface area contributed by atoms with E-state index in [-0.39, 0.29) is 11.6 Å². The maximum atomic E-state index is 13.4. The van der Waals surface area contributed by atoms with Gasteiger partial charge in [-0.3, -0.25) is 0 Å². The lowest BCUT2D eigenvalue weighted by Gasteiger charge is -2.05. The van der Waals surface area contributed by atoms with Crippen molar-refractivity contribution in [1.29, 1.82) is 0 Å². The maximum absolute atomic E-state index is 13.4. The van der Waals surface area contributed by atoms with E-state index in [1.165, 1.54) is 12.1 Å². The molecule has 0 atom stereocenters. The highest BCUT2D eigenvalue weighted by Gasteiger charge is 2.04. The summed E-state index contributed by atoms with van der Waals surface area (Å²) in [6, 6.07) is 9.84. The number of rotatable bonds is 1. The van der Waals surface area contributed by atoms with Crippen LogP contribution in [-0.2, 0) is 0 Å². The van der Waals surface area contributed by atoms with Crippen LogP contribution in [0.1, 0.15) is 5.56 Å². The Morgan fingerprint density at radius 3 is 2.00 bits per heavy atom. The molecule has 0 unspecified atom stereocenters. The summed E-state index contributed by atoms with van der Waals surface area (Å²) in [5.41, 5.74) is 2.58. The van der Waals surface area contributed by atoms with Crippen molar-refractivity contribution in [3.05, 3.63) is 53.6 Å². The van der Waals surface area contributed by atoms with Gasteiger partial charge in [0.2, 0.25) is 0 Å². The van der Waals surface area contributed by atoms with E-state index in [9.17, 15) is 8.78 Å². The molecule has 0 aromatic heterocycles. The number of aryl methyl sites for hydroxylation is 1. The summed E-state index contributed by atoms with van der Waals surface area (Å²) in [5.74, 6) is -0.531. The summed E-state index contributed by atoms with van der Waals surface area (Å²) < 4.78 is 26.7. The van der Waals surface area contributed by atoms with E-state index in [2.05, 4.69) is 0 Å². The van der Waals surface area contributed by atoms with Gasteiger partial charge < -0.3 is 0 Å². The van der Waals surface area contributed by atoms with Crippen LogP contribution in [0.15, 0.2) is 36.4 Å². The smallest absolute Gasteiger partial charge is 0.143 e. The molecule has 2 rings (SSSR count). The van der Waals surface area contributed by atoms with Crippen molar-refractivity contribution in [3.63, 3.8) is 0 Å². The van der Waals surface area contributed by atoms with Crippen molar-refractivity contribution >= 4 is 13.3 Å².